The zero-order chi connectivity index (χ0) is 19.1. The predicted octanol–water partition coefficient (Wildman–Crippen LogP) is 2.08. The number of nitrogens with zero attached hydrogens (tertiary/aromatic N) is 3. The van der Waals surface area contributed by atoms with Crippen LogP contribution in [0.5, 0.6) is 0 Å². The van der Waals surface area contributed by atoms with E-state index in [2.05, 4.69) is 20.8 Å². The molecule has 0 aliphatic rings. The zero-order valence-electron chi connectivity index (χ0n) is 13.2. The molecule has 0 aromatic heterocycles. The van der Waals surface area contributed by atoms with Crippen LogP contribution in [0.3, 0.4) is 0 Å². The van der Waals surface area contributed by atoms with Gasteiger partial charge in [0.1, 0.15) is 5.69 Å². The van der Waals surface area contributed by atoms with Crippen LogP contribution in [0, 0.1) is 0 Å². The zero-order valence-corrected chi connectivity index (χ0v) is 13.2. The first-order valence-corrected chi connectivity index (χ1v) is 7.10. The summed E-state index contributed by atoms with van der Waals surface area (Å²) in [6.45, 7) is 0. The van der Waals surface area contributed by atoms with Gasteiger partial charge < -0.3 is 15.9 Å². The maximum Gasteiger partial charge on any atom is 0.337 e. The summed E-state index contributed by atoms with van der Waals surface area (Å²) in [5.74, 6) is -4.01. The van der Waals surface area contributed by atoms with Gasteiger partial charge in [-0.1, -0.05) is 24.3 Å². The fourth-order valence-electron chi connectivity index (χ4n) is 1.85. The van der Waals surface area contributed by atoms with Crippen molar-refractivity contribution in [3.05, 3.63) is 59.7 Å². The summed E-state index contributed by atoms with van der Waals surface area (Å²) < 4.78 is 0. The van der Waals surface area contributed by atoms with Crippen LogP contribution in [-0.2, 0) is 4.79 Å². The van der Waals surface area contributed by atoms with Gasteiger partial charge in [-0.25, -0.2) is 9.59 Å². The van der Waals surface area contributed by atoms with Crippen molar-refractivity contribution in [1.82, 2.24) is 0 Å². The Balaban J connectivity index is 2.31. The average molecular weight is 355 g/mol. The third-order valence-corrected chi connectivity index (χ3v) is 3.05. The van der Waals surface area contributed by atoms with Crippen molar-refractivity contribution in [3.8, 4) is 0 Å². The molecular weight excluding hydrogens is 342 g/mol. The van der Waals surface area contributed by atoms with Crippen LogP contribution in [-0.4, -0.2) is 33.9 Å². The van der Waals surface area contributed by atoms with Gasteiger partial charge in [-0.05, 0) is 24.3 Å². The van der Waals surface area contributed by atoms with E-state index in [1.807, 2.05) is 0 Å². The van der Waals surface area contributed by atoms with E-state index in [-0.39, 0.29) is 22.5 Å². The molecule has 0 spiro atoms. The number of nitrogens with one attached hydrogen (secondary N) is 1. The van der Waals surface area contributed by atoms with E-state index in [1.54, 1.807) is 12.1 Å². The van der Waals surface area contributed by atoms with Gasteiger partial charge in [0, 0.05) is 0 Å². The van der Waals surface area contributed by atoms with Crippen molar-refractivity contribution in [2.24, 2.45) is 21.1 Å². The van der Waals surface area contributed by atoms with E-state index >= 15 is 0 Å². The summed E-state index contributed by atoms with van der Waals surface area (Å²) in [6.07, 6.45) is 0. The van der Waals surface area contributed by atoms with Gasteiger partial charge in [-0.15, -0.1) is 15.3 Å². The highest BCUT2D eigenvalue weighted by Crippen LogP contribution is 2.19. The topological polar surface area (TPSA) is 167 Å². The lowest BCUT2D eigenvalue weighted by Gasteiger charge is -2.04. The molecule has 0 aliphatic heterocycles. The number of carboxylic acids is 2. The Morgan fingerprint density at radius 2 is 1.46 bits per heavy atom. The first kappa shape index (κ1) is 18.3. The molecule has 1 amide bonds. The van der Waals surface area contributed by atoms with Crippen LogP contribution < -0.4 is 11.2 Å². The Morgan fingerprint density at radius 3 is 2.08 bits per heavy atom. The standard InChI is InChI=1S/C16H13N5O5/c17-13(22)14(20-18-11-7-3-1-5-9(11)15(23)24)21-19-12-8-4-2-6-10(12)16(25)26/h1-8,18H,(H2,17,22)(H,23,24)(H,25,26)/b20-14+,21-19?. The number of carboxylic acid groups (broad SMARTS) is 2. The number of carbonyl (C=O) groups excluding carboxylic acids is 1. The number of hydrogen-bond acceptors (Lipinski definition) is 6. The van der Waals surface area contributed by atoms with E-state index in [1.165, 1.54) is 36.4 Å². The smallest absolute Gasteiger partial charge is 0.337 e. The molecule has 0 fully saturated rings. The third kappa shape index (κ3) is 4.47. The van der Waals surface area contributed by atoms with Crippen molar-refractivity contribution in [2.75, 3.05) is 5.43 Å². The fourth-order valence-corrected chi connectivity index (χ4v) is 1.85. The fraction of sp³-hybridized carbons (Fsp3) is 0. The molecule has 0 saturated heterocycles. The van der Waals surface area contributed by atoms with Crippen LogP contribution in [0.4, 0.5) is 11.4 Å². The van der Waals surface area contributed by atoms with Crippen molar-refractivity contribution >= 4 is 35.1 Å². The van der Waals surface area contributed by atoms with Crippen LogP contribution in [0.1, 0.15) is 20.7 Å². The van der Waals surface area contributed by atoms with Crippen molar-refractivity contribution < 1.29 is 24.6 Å². The van der Waals surface area contributed by atoms with Gasteiger partial charge in [0.15, 0.2) is 0 Å². The van der Waals surface area contributed by atoms with Crippen molar-refractivity contribution in [3.63, 3.8) is 0 Å². The van der Waals surface area contributed by atoms with Gasteiger partial charge in [0.2, 0.25) is 0 Å². The maximum atomic E-state index is 11.4. The summed E-state index contributed by atoms with van der Waals surface area (Å²) in [7, 11) is 0. The first-order chi connectivity index (χ1) is 12.4. The van der Waals surface area contributed by atoms with Gasteiger partial charge in [-0.2, -0.15) is 0 Å². The minimum Gasteiger partial charge on any atom is -0.478 e. The molecule has 5 N–H and O–H groups in total. The quantitative estimate of drug-likeness (QED) is 0.277. The van der Waals surface area contributed by atoms with E-state index in [4.69, 9.17) is 15.9 Å². The van der Waals surface area contributed by atoms with Gasteiger partial charge in [-0.3, -0.25) is 10.2 Å². The lowest BCUT2D eigenvalue weighted by molar-refractivity contribution is -0.112. The molecule has 2 aromatic rings. The number of primary amides is 1. The lowest BCUT2D eigenvalue weighted by atomic mass is 10.2. The molecule has 0 heterocycles. The number of hydrogen-bond donors (Lipinski definition) is 4. The number of amidine groups is 1. The Morgan fingerprint density at radius 1 is 0.885 bits per heavy atom. The van der Waals surface area contributed by atoms with Crippen LogP contribution in [0.2, 0.25) is 0 Å². The molecule has 2 rings (SSSR count). The summed E-state index contributed by atoms with van der Waals surface area (Å²) >= 11 is 0. The number of nitrogens with two attached hydrogens (primary N) is 1. The molecular formula is C16H13N5O5. The van der Waals surface area contributed by atoms with E-state index in [0.29, 0.717) is 0 Å². The number of amides is 1. The molecule has 10 heteroatoms. The Kier molecular flexibility index (Phi) is 5.72. The Labute approximate surface area is 146 Å². The number of para-hydroxylation sites is 1. The SMILES string of the molecule is NC(=O)/C(N=Nc1ccccc1C(=O)O)=N\Nc1ccccc1C(=O)O. The molecule has 2 aromatic carbocycles. The number of hydrazone groups is 1. The second kappa shape index (κ2) is 8.15. The summed E-state index contributed by atoms with van der Waals surface area (Å²) in [5, 5.41) is 29.1. The molecule has 10 nitrogen and oxygen atoms in total. The molecule has 0 saturated carbocycles. The highest BCUT2D eigenvalue weighted by atomic mass is 16.4. The lowest BCUT2D eigenvalue weighted by Crippen LogP contribution is -2.22. The van der Waals surface area contributed by atoms with E-state index in [0.717, 1.165) is 0 Å². The molecule has 0 radical (unpaired) electrons. The van der Waals surface area contributed by atoms with Crippen LogP contribution in [0.15, 0.2) is 63.9 Å². The molecule has 26 heavy (non-hydrogen) atoms. The van der Waals surface area contributed by atoms with Crippen molar-refractivity contribution in [1.29, 1.82) is 0 Å². The Hall–Kier alpha value is -4.08. The summed E-state index contributed by atoms with van der Waals surface area (Å²) in [5.41, 5.74) is 7.46. The van der Waals surface area contributed by atoms with Crippen LogP contribution in [0.25, 0.3) is 0 Å². The van der Waals surface area contributed by atoms with Gasteiger partial charge >= 0.3 is 11.9 Å². The second-order valence-electron chi connectivity index (χ2n) is 4.78. The normalized spacial score (nSPS) is 11.3. The summed E-state index contributed by atoms with van der Waals surface area (Å²) in [6, 6.07) is 11.6. The number of azo groups is 1. The number of anilines is 1. The molecule has 0 atom stereocenters. The number of rotatable bonds is 5. The number of benzene rings is 2. The average Bonchev–Trinajstić information content (AvgIpc) is 2.61. The molecule has 0 aliphatic carbocycles. The predicted molar refractivity (Wildman–Crippen MR) is 91.6 cm³/mol. The second-order valence-corrected chi connectivity index (χ2v) is 4.78. The summed E-state index contributed by atoms with van der Waals surface area (Å²) in [4.78, 5) is 33.7. The monoisotopic (exact) mass is 355 g/mol. The van der Waals surface area contributed by atoms with Gasteiger partial charge in [0.25, 0.3) is 11.7 Å². The molecule has 0 bridgehead atoms. The molecule has 0 unspecified atom stereocenters. The third-order valence-electron chi connectivity index (χ3n) is 3.05. The first-order valence-electron chi connectivity index (χ1n) is 7.10. The van der Waals surface area contributed by atoms with E-state index in [9.17, 15) is 14.4 Å². The largest absolute Gasteiger partial charge is 0.478 e. The van der Waals surface area contributed by atoms with Gasteiger partial charge in [0.05, 0.1) is 16.8 Å². The number of carbonyl (C=O) groups is 3. The van der Waals surface area contributed by atoms with Crippen LogP contribution >= 0.6 is 0 Å². The minimum atomic E-state index is -1.22. The highest BCUT2D eigenvalue weighted by molar-refractivity contribution is 6.37. The van der Waals surface area contributed by atoms with Crippen molar-refractivity contribution in [2.45, 2.75) is 0 Å². The Bertz CT molecular complexity index is 923. The van der Waals surface area contributed by atoms with E-state index < -0.39 is 23.7 Å². The highest BCUT2D eigenvalue weighted by Gasteiger charge is 2.12. The number of aromatic carboxylic acids is 2. The molecule has 132 valence electrons. The maximum absolute atomic E-state index is 11.4. The minimum absolute atomic E-state index is 0.000105.